The van der Waals surface area contributed by atoms with Crippen LogP contribution < -0.4 is 5.79 Å². The van der Waals surface area contributed by atoms with Gasteiger partial charge in [-0.05, 0) is 0 Å². The van der Waals surface area contributed by atoms with Crippen LogP contribution in [-0.2, 0) is 9.59 Å². The van der Waals surface area contributed by atoms with Gasteiger partial charge in [-0.25, -0.2) is 0 Å². The monoisotopic (exact) mass is 1080 g/mol. The average molecular weight is 1070 g/mol. The predicted molar refractivity (Wildman–Crippen MR) is 272 cm³/mol. The molecule has 0 aliphatic carbocycles. The van der Waals surface area contributed by atoms with Gasteiger partial charge < -0.3 is 0 Å². The molecule has 2 atom stereocenters. The van der Waals surface area contributed by atoms with Crippen LogP contribution in [0.5, 0.6) is 0 Å². The number of carbonyl (C=O) groups is 2. The van der Waals surface area contributed by atoms with Crippen molar-refractivity contribution in [2.45, 2.75) is 211 Å². The van der Waals surface area contributed by atoms with Gasteiger partial charge in [0, 0.05) is 0 Å². The van der Waals surface area contributed by atoms with Crippen LogP contribution in [0.15, 0.2) is 35.4 Å². The van der Waals surface area contributed by atoms with Crippen molar-refractivity contribution in [3.05, 3.63) is 45.2 Å². The van der Waals surface area contributed by atoms with Crippen LogP contribution in [0.4, 0.5) is 0 Å². The summed E-state index contributed by atoms with van der Waals surface area (Å²) in [6.07, 6.45) is 30.1. The quantitative estimate of drug-likeness (QED) is 0.0541. The molecule has 2 amide bonds. The Hall–Kier alpha value is -0.583. The van der Waals surface area contributed by atoms with Gasteiger partial charge in [0.1, 0.15) is 0 Å². The molecule has 0 fully saturated rings. The fourth-order valence-electron chi connectivity index (χ4n) is 9.31. The summed E-state index contributed by atoms with van der Waals surface area (Å²) < 4.78 is 3.02. The molecular weight excluding hydrogens is 986 g/mol. The third kappa shape index (κ3) is 15.3. The van der Waals surface area contributed by atoms with E-state index in [1.165, 1.54) is 134 Å². The number of hydrogen-bond acceptors (Lipinski definition) is 4. The predicted octanol–water partition coefficient (Wildman–Crippen LogP) is 15.4. The fourth-order valence-corrected chi connectivity index (χ4v) is 22.0. The van der Waals surface area contributed by atoms with E-state index in [-0.39, 0.29) is 11.8 Å². The summed E-state index contributed by atoms with van der Waals surface area (Å²) in [7, 11) is 0. The molecule has 2 aromatic rings. The molecule has 0 bridgehead atoms. The average Bonchev–Trinajstić information content (AvgIpc) is 4.00. The molecule has 4 nitrogen and oxygen atoms in total. The molecule has 2 aromatic heterocycles. The Balaban J connectivity index is 1.81. The van der Waals surface area contributed by atoms with Crippen LogP contribution in [0, 0.1) is 11.8 Å². The minimum absolute atomic E-state index is 0.0891. The summed E-state index contributed by atoms with van der Waals surface area (Å²) in [5.41, 5.74) is 3.32. The molecule has 2 aliphatic rings. The van der Waals surface area contributed by atoms with Crippen LogP contribution in [0.1, 0.15) is 192 Å². The van der Waals surface area contributed by atoms with E-state index in [9.17, 15) is 0 Å². The molecule has 338 valence electrons. The van der Waals surface area contributed by atoms with E-state index in [0.717, 1.165) is 71.1 Å². The number of nitrogens with zero attached hydrogens (tertiary/aromatic N) is 2. The van der Waals surface area contributed by atoms with Gasteiger partial charge in [0.05, 0.1) is 0 Å². The van der Waals surface area contributed by atoms with Crippen LogP contribution in [0.2, 0.25) is 29.6 Å². The number of fused-ring (bicyclic) bond motifs is 1. The second-order valence-corrected chi connectivity index (χ2v) is 53.6. The summed E-state index contributed by atoms with van der Waals surface area (Å²) in [5, 5.41) is 0. The number of thiophene rings is 2. The Kier molecular flexibility index (Phi) is 22.9. The first-order valence-electron chi connectivity index (χ1n) is 25.1. The van der Waals surface area contributed by atoms with Crippen molar-refractivity contribution in [1.82, 2.24) is 9.80 Å². The van der Waals surface area contributed by atoms with Gasteiger partial charge in [0.25, 0.3) is 0 Å². The van der Waals surface area contributed by atoms with E-state index >= 15 is 9.59 Å². The Morgan fingerprint density at radius 3 is 1.00 bits per heavy atom. The van der Waals surface area contributed by atoms with Gasteiger partial charge in [0.15, 0.2) is 0 Å². The van der Waals surface area contributed by atoms with E-state index in [1.54, 1.807) is 0 Å². The minimum atomic E-state index is -2.43. The summed E-state index contributed by atoms with van der Waals surface area (Å²) in [5.74, 6) is 1.06. The number of carbonyl (C=O) groups excluding carboxylic acids is 2. The van der Waals surface area contributed by atoms with Crippen molar-refractivity contribution in [3.63, 3.8) is 0 Å². The van der Waals surface area contributed by atoms with Gasteiger partial charge in [-0.15, -0.1) is 0 Å². The van der Waals surface area contributed by atoms with E-state index < -0.39 is 36.8 Å². The van der Waals surface area contributed by atoms with Crippen molar-refractivity contribution >= 4 is 88.4 Å². The van der Waals surface area contributed by atoms with Crippen molar-refractivity contribution in [1.29, 1.82) is 0 Å². The van der Waals surface area contributed by atoms with Crippen molar-refractivity contribution in [2.75, 3.05) is 13.1 Å². The first-order valence-corrected chi connectivity index (χ1v) is 46.7. The number of amides is 2. The number of unbranched alkanes of at least 4 members (excludes halogenated alkanes) is 16. The Bertz CT molecular complexity index is 1550. The Labute approximate surface area is 386 Å². The van der Waals surface area contributed by atoms with Crippen LogP contribution in [0.25, 0.3) is 11.4 Å². The zero-order valence-corrected chi connectivity index (χ0v) is 47.7. The molecule has 2 aliphatic heterocycles. The molecule has 0 spiro atoms. The van der Waals surface area contributed by atoms with Crippen molar-refractivity contribution in [3.8, 4) is 0 Å². The van der Waals surface area contributed by atoms with Crippen molar-refractivity contribution in [2.24, 2.45) is 11.8 Å². The Morgan fingerprint density at radius 2 is 0.717 bits per heavy atom. The summed E-state index contributed by atoms with van der Waals surface area (Å²) in [4.78, 5) is 52.5. The summed E-state index contributed by atoms with van der Waals surface area (Å²) >= 11 is -1.08. The van der Waals surface area contributed by atoms with Gasteiger partial charge in [0.2, 0.25) is 0 Å². The first-order chi connectivity index (χ1) is 28.8. The molecule has 0 aromatic carbocycles. The SMILES string of the molecule is CCCCCCCCC(CCCCCC)CN1C(=O)C2=C(c3cc[c]([Sn]([CH3])([CH3])[CH3])s3)N(CC(CCCCCC)CCCCCCCC)C(=O)C2=C1c1cc[c]([Sn]([CH3])([CH3])[CH3])s1. The molecular formula is C52H88N2O2S2Sn2. The van der Waals surface area contributed by atoms with Gasteiger partial charge in [-0.1, -0.05) is 53.4 Å². The molecule has 4 heterocycles. The molecule has 0 saturated heterocycles. The van der Waals surface area contributed by atoms with Gasteiger partial charge in [-0.2, -0.15) is 0 Å². The Morgan fingerprint density at radius 1 is 0.433 bits per heavy atom. The maximum absolute atomic E-state index is 15.5. The third-order valence-electron chi connectivity index (χ3n) is 13.1. The molecule has 4 rings (SSSR count). The third-order valence-corrected chi connectivity index (χ3v) is 34.2. The van der Waals surface area contributed by atoms with Crippen LogP contribution in [0.3, 0.4) is 0 Å². The molecule has 0 N–H and O–H groups in total. The molecule has 60 heavy (non-hydrogen) atoms. The standard InChI is InChI=1S/C46H70N2O2S2.6CH3.2Sn/c1-5-9-13-17-19-23-29-37(27-21-15-11-7-3)35-47-43(39-31-25-33-51-39)41-42(45(47)49)44(40-32-26-34-52-40)48(46(41)50)36-38(28-22-16-12-8-4)30-24-20-18-14-10-6-2;;;;;;;;/h25-26,31-32,37-38H,5-24,27-30,35-36H2,1-4H3;6*1H3;;. The zero-order chi connectivity index (χ0) is 43.7. The topological polar surface area (TPSA) is 40.6 Å². The van der Waals surface area contributed by atoms with Gasteiger partial charge in [-0.3, -0.25) is 0 Å². The van der Waals surface area contributed by atoms with Crippen LogP contribution >= 0.6 is 22.7 Å². The van der Waals surface area contributed by atoms with E-state index in [1.807, 2.05) is 22.7 Å². The fraction of sp³-hybridized carbons (Fsp3) is 0.731. The van der Waals surface area contributed by atoms with Crippen LogP contribution in [-0.4, -0.2) is 71.5 Å². The van der Waals surface area contributed by atoms with E-state index in [2.05, 4.69) is 91.4 Å². The molecule has 2 unspecified atom stereocenters. The van der Waals surface area contributed by atoms with E-state index in [4.69, 9.17) is 0 Å². The normalized spacial score (nSPS) is 16.0. The number of hydrogen-bond donors (Lipinski definition) is 0. The second kappa shape index (κ2) is 26.4. The van der Waals surface area contributed by atoms with Crippen molar-refractivity contribution < 1.29 is 9.59 Å². The first kappa shape index (κ1) is 52.0. The maximum atomic E-state index is 15.5. The number of rotatable bonds is 32. The molecule has 8 heteroatoms. The molecule has 0 radical (unpaired) electrons. The summed E-state index contributed by atoms with van der Waals surface area (Å²) in [6, 6.07) is 9.25. The zero-order valence-electron chi connectivity index (χ0n) is 40.4. The summed E-state index contributed by atoms with van der Waals surface area (Å²) in [6.45, 7) is 10.6. The van der Waals surface area contributed by atoms with E-state index in [0.29, 0.717) is 11.8 Å². The second-order valence-electron chi connectivity index (χ2n) is 20.7. The molecule has 0 saturated carbocycles. The van der Waals surface area contributed by atoms with Gasteiger partial charge >= 0.3 is 336 Å².